The smallest absolute Gasteiger partial charge is 0.0797 e. The fourth-order valence-electron chi connectivity index (χ4n) is 0.981. The highest BCUT2D eigenvalue weighted by molar-refractivity contribution is 5.12. The van der Waals surface area contributed by atoms with Gasteiger partial charge in [-0.3, -0.25) is 4.98 Å². The van der Waals surface area contributed by atoms with Crippen LogP contribution in [-0.4, -0.2) is 11.6 Å². The van der Waals surface area contributed by atoms with Crippen LogP contribution >= 0.6 is 0 Å². The van der Waals surface area contributed by atoms with E-state index in [-0.39, 0.29) is 6.10 Å². The van der Waals surface area contributed by atoms with Gasteiger partial charge in [0, 0.05) is 19.0 Å². The standard InChI is InChI=1S/C9H13NO.C2H6/c1-3-11-8(2)9-4-6-10-7-5-9;1-2/h4-8H,3H2,1-2H3;1-2H3. The summed E-state index contributed by atoms with van der Waals surface area (Å²) < 4.78 is 5.40. The molecule has 0 fully saturated rings. The Balaban J connectivity index is 0.000000671. The summed E-state index contributed by atoms with van der Waals surface area (Å²) in [7, 11) is 0. The molecule has 2 heteroatoms. The Kier molecular flexibility index (Phi) is 7.21. The van der Waals surface area contributed by atoms with Crippen LogP contribution in [-0.2, 0) is 4.74 Å². The molecule has 13 heavy (non-hydrogen) atoms. The lowest BCUT2D eigenvalue weighted by Gasteiger charge is -2.10. The highest BCUT2D eigenvalue weighted by Gasteiger charge is 2.01. The molecular weight excluding hydrogens is 162 g/mol. The van der Waals surface area contributed by atoms with Gasteiger partial charge in [0.1, 0.15) is 0 Å². The summed E-state index contributed by atoms with van der Waals surface area (Å²) in [5.74, 6) is 0. The molecule has 0 radical (unpaired) electrons. The average molecular weight is 181 g/mol. The fourth-order valence-corrected chi connectivity index (χ4v) is 0.981. The Bertz CT molecular complexity index is 199. The van der Waals surface area contributed by atoms with Crippen LogP contribution in [0.3, 0.4) is 0 Å². The van der Waals surface area contributed by atoms with Gasteiger partial charge in [-0.05, 0) is 31.5 Å². The van der Waals surface area contributed by atoms with Crippen molar-refractivity contribution >= 4 is 0 Å². The Labute approximate surface area is 81.0 Å². The average Bonchev–Trinajstić information content (AvgIpc) is 2.23. The molecule has 1 rings (SSSR count). The van der Waals surface area contributed by atoms with Crippen molar-refractivity contribution in [3.8, 4) is 0 Å². The van der Waals surface area contributed by atoms with Crippen molar-refractivity contribution in [3.05, 3.63) is 30.1 Å². The minimum absolute atomic E-state index is 0.183. The second kappa shape index (κ2) is 7.74. The van der Waals surface area contributed by atoms with Gasteiger partial charge in [0.05, 0.1) is 6.10 Å². The van der Waals surface area contributed by atoms with Gasteiger partial charge in [0.25, 0.3) is 0 Å². The van der Waals surface area contributed by atoms with E-state index in [0.29, 0.717) is 0 Å². The highest BCUT2D eigenvalue weighted by Crippen LogP contribution is 2.14. The van der Waals surface area contributed by atoms with E-state index in [4.69, 9.17) is 4.74 Å². The van der Waals surface area contributed by atoms with E-state index in [9.17, 15) is 0 Å². The molecule has 0 aliphatic rings. The molecule has 0 aliphatic carbocycles. The van der Waals surface area contributed by atoms with Crippen molar-refractivity contribution in [3.63, 3.8) is 0 Å². The lowest BCUT2D eigenvalue weighted by Crippen LogP contribution is -1.98. The Hall–Kier alpha value is -0.890. The summed E-state index contributed by atoms with van der Waals surface area (Å²) in [5.41, 5.74) is 1.18. The molecule has 0 saturated heterocycles. The second-order valence-electron chi connectivity index (χ2n) is 2.38. The van der Waals surface area contributed by atoms with E-state index in [2.05, 4.69) is 4.98 Å². The largest absolute Gasteiger partial charge is 0.374 e. The molecule has 0 bridgehead atoms. The second-order valence-corrected chi connectivity index (χ2v) is 2.38. The minimum atomic E-state index is 0.183. The molecule has 2 nitrogen and oxygen atoms in total. The number of hydrogen-bond acceptors (Lipinski definition) is 2. The summed E-state index contributed by atoms with van der Waals surface area (Å²) in [4.78, 5) is 3.93. The van der Waals surface area contributed by atoms with E-state index in [1.165, 1.54) is 5.56 Å². The number of hydrogen-bond donors (Lipinski definition) is 0. The lowest BCUT2D eigenvalue weighted by molar-refractivity contribution is 0.0763. The number of pyridine rings is 1. The van der Waals surface area contributed by atoms with Gasteiger partial charge in [0.2, 0.25) is 0 Å². The molecule has 0 saturated carbocycles. The summed E-state index contributed by atoms with van der Waals surface area (Å²) in [6, 6.07) is 3.95. The third-order valence-corrected chi connectivity index (χ3v) is 1.59. The van der Waals surface area contributed by atoms with Gasteiger partial charge in [0.15, 0.2) is 0 Å². The molecule has 0 spiro atoms. The third-order valence-electron chi connectivity index (χ3n) is 1.59. The van der Waals surface area contributed by atoms with Gasteiger partial charge >= 0.3 is 0 Å². The first-order valence-electron chi connectivity index (χ1n) is 4.86. The Morgan fingerprint density at radius 2 is 1.85 bits per heavy atom. The SMILES string of the molecule is CC.CCOC(C)c1ccncc1. The van der Waals surface area contributed by atoms with Gasteiger partial charge in [-0.15, -0.1) is 0 Å². The van der Waals surface area contributed by atoms with Crippen molar-refractivity contribution in [1.82, 2.24) is 4.98 Å². The van der Waals surface area contributed by atoms with Gasteiger partial charge in [-0.25, -0.2) is 0 Å². The van der Waals surface area contributed by atoms with Crippen LogP contribution in [0.5, 0.6) is 0 Å². The number of aromatic nitrogens is 1. The maximum absolute atomic E-state index is 5.40. The molecule has 1 atom stereocenters. The van der Waals surface area contributed by atoms with E-state index >= 15 is 0 Å². The van der Waals surface area contributed by atoms with Crippen LogP contribution < -0.4 is 0 Å². The molecule has 0 N–H and O–H groups in total. The van der Waals surface area contributed by atoms with Crippen molar-refractivity contribution in [2.45, 2.75) is 33.8 Å². The van der Waals surface area contributed by atoms with Crippen LogP contribution in [0.15, 0.2) is 24.5 Å². The summed E-state index contributed by atoms with van der Waals surface area (Å²) in [6.45, 7) is 8.79. The highest BCUT2D eigenvalue weighted by atomic mass is 16.5. The predicted octanol–water partition coefficient (Wildman–Crippen LogP) is 3.21. The monoisotopic (exact) mass is 181 g/mol. The van der Waals surface area contributed by atoms with Crippen molar-refractivity contribution in [2.75, 3.05) is 6.61 Å². The number of nitrogens with zero attached hydrogens (tertiary/aromatic N) is 1. The molecule has 1 aromatic rings. The van der Waals surface area contributed by atoms with Crippen LogP contribution in [0.2, 0.25) is 0 Å². The van der Waals surface area contributed by atoms with E-state index in [1.807, 2.05) is 39.8 Å². The molecule has 1 heterocycles. The number of ether oxygens (including phenoxy) is 1. The van der Waals surface area contributed by atoms with Crippen LogP contribution in [0.25, 0.3) is 0 Å². The van der Waals surface area contributed by atoms with Gasteiger partial charge in [-0.2, -0.15) is 0 Å². The first kappa shape index (κ1) is 12.1. The van der Waals surface area contributed by atoms with E-state index < -0.39 is 0 Å². The molecular formula is C11H19NO. The number of rotatable bonds is 3. The van der Waals surface area contributed by atoms with E-state index in [1.54, 1.807) is 12.4 Å². The zero-order valence-electron chi connectivity index (χ0n) is 8.95. The van der Waals surface area contributed by atoms with Gasteiger partial charge < -0.3 is 4.74 Å². The Morgan fingerprint density at radius 3 is 2.31 bits per heavy atom. The molecule has 1 unspecified atom stereocenters. The quantitative estimate of drug-likeness (QED) is 0.714. The normalized spacial score (nSPS) is 11.4. The zero-order valence-corrected chi connectivity index (χ0v) is 8.95. The lowest BCUT2D eigenvalue weighted by atomic mass is 10.2. The summed E-state index contributed by atoms with van der Waals surface area (Å²) >= 11 is 0. The van der Waals surface area contributed by atoms with Crippen molar-refractivity contribution < 1.29 is 4.74 Å². The van der Waals surface area contributed by atoms with Crippen molar-refractivity contribution in [2.24, 2.45) is 0 Å². The first-order valence-corrected chi connectivity index (χ1v) is 4.86. The van der Waals surface area contributed by atoms with Gasteiger partial charge in [-0.1, -0.05) is 13.8 Å². The molecule has 1 aromatic heterocycles. The Morgan fingerprint density at radius 1 is 1.31 bits per heavy atom. The minimum Gasteiger partial charge on any atom is -0.374 e. The van der Waals surface area contributed by atoms with E-state index in [0.717, 1.165) is 6.61 Å². The molecule has 0 aliphatic heterocycles. The predicted molar refractivity (Wildman–Crippen MR) is 55.6 cm³/mol. The van der Waals surface area contributed by atoms with Crippen LogP contribution in [0.1, 0.15) is 39.4 Å². The molecule has 74 valence electrons. The zero-order chi connectivity index (χ0) is 10.1. The third kappa shape index (κ3) is 4.63. The topological polar surface area (TPSA) is 22.1 Å². The summed E-state index contributed by atoms with van der Waals surface area (Å²) in [6.07, 6.45) is 3.75. The summed E-state index contributed by atoms with van der Waals surface area (Å²) in [5, 5.41) is 0. The van der Waals surface area contributed by atoms with Crippen molar-refractivity contribution in [1.29, 1.82) is 0 Å². The first-order chi connectivity index (χ1) is 6.34. The van der Waals surface area contributed by atoms with Crippen LogP contribution in [0, 0.1) is 0 Å². The maximum atomic E-state index is 5.40. The molecule has 0 aromatic carbocycles. The van der Waals surface area contributed by atoms with Crippen LogP contribution in [0.4, 0.5) is 0 Å². The fraction of sp³-hybridized carbons (Fsp3) is 0.545. The molecule has 0 amide bonds. The maximum Gasteiger partial charge on any atom is 0.0797 e.